The summed E-state index contributed by atoms with van der Waals surface area (Å²) in [5.74, 6) is 0.423. The molecule has 0 aliphatic heterocycles. The third kappa shape index (κ3) is 3.12. The minimum atomic E-state index is -0.169. The molecular weight excluding hydrogens is 336 g/mol. The van der Waals surface area contributed by atoms with Gasteiger partial charge in [-0.1, -0.05) is 23.7 Å². The predicted molar refractivity (Wildman–Crippen MR) is 97.8 cm³/mol. The van der Waals surface area contributed by atoms with Crippen LogP contribution < -0.4 is 5.32 Å². The third-order valence-corrected chi connectivity index (χ3v) is 4.95. The smallest absolute Gasteiger partial charge is 0.274 e. The molecule has 1 aliphatic rings. The molecule has 5 nitrogen and oxygen atoms in total. The minimum Gasteiger partial charge on any atom is -0.348 e. The predicted octanol–water partition coefficient (Wildman–Crippen LogP) is 3.89. The zero-order valence-corrected chi connectivity index (χ0v) is 14.9. The summed E-state index contributed by atoms with van der Waals surface area (Å²) in [6.07, 6.45) is 4.01. The molecule has 0 saturated heterocycles. The number of halogens is 1. The molecule has 1 aliphatic carbocycles. The SMILES string of the molecule is Cc1cc(-c2cccc(Cl)c2)nc2c(C(=O)N[C@@H](C)C3CC3)ncn12. The lowest BCUT2D eigenvalue weighted by molar-refractivity contribution is 0.0933. The molecule has 1 saturated carbocycles. The average Bonchev–Trinajstić information content (AvgIpc) is 3.34. The van der Waals surface area contributed by atoms with Crippen molar-refractivity contribution in [1.82, 2.24) is 19.7 Å². The lowest BCUT2D eigenvalue weighted by atomic mass is 10.1. The monoisotopic (exact) mass is 354 g/mol. The van der Waals surface area contributed by atoms with E-state index in [1.165, 1.54) is 12.8 Å². The number of rotatable bonds is 4. The number of hydrogen-bond acceptors (Lipinski definition) is 3. The number of fused-ring (bicyclic) bond motifs is 1. The number of carbonyl (C=O) groups excluding carboxylic acids is 1. The van der Waals surface area contributed by atoms with Crippen LogP contribution in [0.25, 0.3) is 16.9 Å². The molecule has 1 N–H and O–H groups in total. The normalized spacial score (nSPS) is 15.3. The Morgan fingerprint density at radius 3 is 2.88 bits per heavy atom. The van der Waals surface area contributed by atoms with Crippen LogP contribution in [0.2, 0.25) is 5.02 Å². The highest BCUT2D eigenvalue weighted by Gasteiger charge is 2.30. The quantitative estimate of drug-likeness (QED) is 0.773. The number of aryl methyl sites for hydroxylation is 1. The Morgan fingerprint density at radius 1 is 1.36 bits per heavy atom. The van der Waals surface area contributed by atoms with E-state index in [1.807, 2.05) is 48.6 Å². The summed E-state index contributed by atoms with van der Waals surface area (Å²) in [5.41, 5.74) is 3.58. The number of amides is 1. The number of nitrogens with one attached hydrogen (secondary N) is 1. The zero-order valence-electron chi connectivity index (χ0n) is 14.2. The Bertz CT molecular complexity index is 961. The van der Waals surface area contributed by atoms with Gasteiger partial charge in [0.25, 0.3) is 5.91 Å². The summed E-state index contributed by atoms with van der Waals surface area (Å²) >= 11 is 6.10. The van der Waals surface area contributed by atoms with Crippen molar-refractivity contribution in [2.45, 2.75) is 32.7 Å². The van der Waals surface area contributed by atoms with E-state index >= 15 is 0 Å². The third-order valence-electron chi connectivity index (χ3n) is 4.72. The molecule has 0 spiro atoms. The molecule has 1 aromatic carbocycles. The first-order valence-corrected chi connectivity index (χ1v) is 8.82. The van der Waals surface area contributed by atoms with Gasteiger partial charge in [-0.05, 0) is 50.8 Å². The van der Waals surface area contributed by atoms with E-state index in [-0.39, 0.29) is 11.9 Å². The van der Waals surface area contributed by atoms with Crippen molar-refractivity contribution < 1.29 is 4.79 Å². The van der Waals surface area contributed by atoms with Gasteiger partial charge in [0.15, 0.2) is 11.3 Å². The van der Waals surface area contributed by atoms with Crippen molar-refractivity contribution in [2.75, 3.05) is 0 Å². The Kier molecular flexibility index (Phi) is 3.96. The maximum Gasteiger partial charge on any atom is 0.274 e. The number of hydrogen-bond donors (Lipinski definition) is 1. The van der Waals surface area contributed by atoms with Crippen LogP contribution in [0.3, 0.4) is 0 Å². The van der Waals surface area contributed by atoms with E-state index < -0.39 is 0 Å². The molecule has 0 radical (unpaired) electrons. The first-order chi connectivity index (χ1) is 12.0. The Hall–Kier alpha value is -2.40. The van der Waals surface area contributed by atoms with Gasteiger partial charge < -0.3 is 5.32 Å². The van der Waals surface area contributed by atoms with Crippen molar-refractivity contribution >= 4 is 23.2 Å². The highest BCUT2D eigenvalue weighted by Crippen LogP contribution is 2.32. The Labute approximate surface area is 151 Å². The van der Waals surface area contributed by atoms with Crippen LogP contribution in [-0.4, -0.2) is 26.3 Å². The van der Waals surface area contributed by atoms with Gasteiger partial charge in [-0.15, -0.1) is 0 Å². The molecule has 0 bridgehead atoms. The molecule has 128 valence electrons. The molecule has 4 rings (SSSR count). The molecule has 1 atom stereocenters. The average molecular weight is 355 g/mol. The number of carbonyl (C=O) groups is 1. The van der Waals surface area contributed by atoms with E-state index in [0.717, 1.165) is 17.0 Å². The lowest BCUT2D eigenvalue weighted by Gasteiger charge is -2.12. The summed E-state index contributed by atoms with van der Waals surface area (Å²) in [6.45, 7) is 4.02. The van der Waals surface area contributed by atoms with Crippen LogP contribution in [0.15, 0.2) is 36.7 Å². The fourth-order valence-electron chi connectivity index (χ4n) is 3.07. The zero-order chi connectivity index (χ0) is 17.6. The van der Waals surface area contributed by atoms with Gasteiger partial charge in [-0.25, -0.2) is 9.97 Å². The summed E-state index contributed by atoms with van der Waals surface area (Å²) in [7, 11) is 0. The fraction of sp³-hybridized carbons (Fsp3) is 0.316. The van der Waals surface area contributed by atoms with Crippen LogP contribution in [0.4, 0.5) is 0 Å². The maximum atomic E-state index is 12.6. The second kappa shape index (κ2) is 6.15. The molecule has 2 aromatic heterocycles. The van der Waals surface area contributed by atoms with Crippen molar-refractivity contribution in [2.24, 2.45) is 5.92 Å². The van der Waals surface area contributed by atoms with Gasteiger partial charge in [-0.3, -0.25) is 9.20 Å². The summed E-state index contributed by atoms with van der Waals surface area (Å²) in [4.78, 5) is 21.6. The molecule has 0 unspecified atom stereocenters. The molecular formula is C19H19ClN4O. The molecule has 1 fully saturated rings. The van der Waals surface area contributed by atoms with Crippen molar-refractivity contribution in [3.8, 4) is 11.3 Å². The summed E-state index contributed by atoms with van der Waals surface area (Å²) < 4.78 is 1.84. The van der Waals surface area contributed by atoms with Gasteiger partial charge in [0, 0.05) is 22.3 Å². The van der Waals surface area contributed by atoms with Crippen LogP contribution >= 0.6 is 11.6 Å². The van der Waals surface area contributed by atoms with E-state index in [2.05, 4.69) is 15.3 Å². The van der Waals surface area contributed by atoms with Crippen LogP contribution in [0, 0.1) is 12.8 Å². The molecule has 1 amide bonds. The minimum absolute atomic E-state index is 0.168. The van der Waals surface area contributed by atoms with Gasteiger partial charge in [0.1, 0.15) is 6.33 Å². The van der Waals surface area contributed by atoms with Gasteiger partial charge in [0.05, 0.1) is 5.69 Å². The first-order valence-electron chi connectivity index (χ1n) is 8.44. The highest BCUT2D eigenvalue weighted by molar-refractivity contribution is 6.30. The number of nitrogens with zero attached hydrogens (tertiary/aromatic N) is 3. The Morgan fingerprint density at radius 2 is 2.16 bits per heavy atom. The molecule has 25 heavy (non-hydrogen) atoms. The number of imidazole rings is 1. The highest BCUT2D eigenvalue weighted by atomic mass is 35.5. The van der Waals surface area contributed by atoms with Crippen LogP contribution in [0.5, 0.6) is 0 Å². The lowest BCUT2D eigenvalue weighted by Crippen LogP contribution is -2.34. The fourth-order valence-corrected chi connectivity index (χ4v) is 3.26. The van der Waals surface area contributed by atoms with Gasteiger partial charge >= 0.3 is 0 Å². The maximum absolute atomic E-state index is 12.6. The van der Waals surface area contributed by atoms with E-state index in [0.29, 0.717) is 22.3 Å². The summed E-state index contributed by atoms with van der Waals surface area (Å²) in [5, 5.41) is 3.70. The standard InChI is InChI=1S/C19H19ClN4O/c1-11-8-16(14-4-3-5-15(20)9-14)23-18-17(21-10-24(11)18)19(25)22-12(2)13-6-7-13/h3-5,8-10,12-13H,6-7H2,1-2H3,(H,22,25)/t12-/m0/s1. The van der Waals surface area contributed by atoms with Gasteiger partial charge in [0.2, 0.25) is 0 Å². The second-order valence-electron chi connectivity index (χ2n) is 6.68. The van der Waals surface area contributed by atoms with E-state index in [1.54, 1.807) is 6.33 Å². The van der Waals surface area contributed by atoms with E-state index in [4.69, 9.17) is 11.6 Å². The molecule has 6 heteroatoms. The topological polar surface area (TPSA) is 59.3 Å². The van der Waals surface area contributed by atoms with Crippen LogP contribution in [0.1, 0.15) is 35.9 Å². The number of aromatic nitrogens is 3. The Balaban J connectivity index is 1.74. The number of benzene rings is 1. The molecule has 3 aromatic rings. The first kappa shape index (κ1) is 16.1. The molecule has 2 heterocycles. The van der Waals surface area contributed by atoms with Crippen molar-refractivity contribution in [1.29, 1.82) is 0 Å². The van der Waals surface area contributed by atoms with Crippen molar-refractivity contribution in [3.05, 3.63) is 53.1 Å². The largest absolute Gasteiger partial charge is 0.348 e. The van der Waals surface area contributed by atoms with E-state index in [9.17, 15) is 4.79 Å². The van der Waals surface area contributed by atoms with Gasteiger partial charge in [-0.2, -0.15) is 0 Å². The second-order valence-corrected chi connectivity index (χ2v) is 7.12. The summed E-state index contributed by atoms with van der Waals surface area (Å²) in [6, 6.07) is 9.67. The van der Waals surface area contributed by atoms with Crippen LogP contribution in [-0.2, 0) is 0 Å². The van der Waals surface area contributed by atoms with Crippen molar-refractivity contribution in [3.63, 3.8) is 0 Å².